The van der Waals surface area contributed by atoms with E-state index >= 15 is 0 Å². The van der Waals surface area contributed by atoms with Gasteiger partial charge in [-0.25, -0.2) is 8.42 Å². The van der Waals surface area contributed by atoms with Crippen molar-refractivity contribution in [3.8, 4) is 5.75 Å². The molecule has 1 amide bonds. The minimum Gasteiger partial charge on any atom is -0.495 e. The normalized spacial score (nSPS) is 15.0. The van der Waals surface area contributed by atoms with Gasteiger partial charge in [0.25, 0.3) is 0 Å². The second kappa shape index (κ2) is 14.2. The van der Waals surface area contributed by atoms with Gasteiger partial charge in [-0.15, -0.1) is 0 Å². The molecule has 3 heterocycles. The molecule has 0 aliphatic carbocycles. The first-order chi connectivity index (χ1) is 22.4. The Labute approximate surface area is 275 Å². The number of aryl methyl sites for hydroxylation is 1. The zero-order valence-corrected chi connectivity index (χ0v) is 28.6. The van der Waals surface area contributed by atoms with Crippen molar-refractivity contribution in [3.63, 3.8) is 0 Å². The third-order valence-corrected chi connectivity index (χ3v) is 11.1. The number of nitrogens with one attached hydrogen (secondary N) is 2. The summed E-state index contributed by atoms with van der Waals surface area (Å²) < 4.78 is 33.5. The molecule has 1 aliphatic heterocycles. The standard InChI is InChI=1S/C33H44N8O5S/c1-21(2)47(44,45)29-10-8-7-9-26(29)36-33-38-32(37-30-11-14-34-41(30)33)35-27-19-22(3)25(20-28(27)46-6)24-12-15-40(16-13-24)31(43)23(4)39(5)17-18-42/h7-11,14,19-21,23-24,42H,12-13,15-18H2,1-6H3,(H2,35,36,37,38)/t23-/m1/s1. The van der Waals surface area contributed by atoms with Crippen molar-refractivity contribution in [2.75, 3.05) is 51.0 Å². The van der Waals surface area contributed by atoms with Crippen LogP contribution in [0.2, 0.25) is 0 Å². The number of likely N-dealkylation sites (tertiary alicyclic amines) is 1. The van der Waals surface area contributed by atoms with E-state index in [-0.39, 0.29) is 35.3 Å². The van der Waals surface area contributed by atoms with Gasteiger partial charge in [0.2, 0.25) is 17.8 Å². The number of sulfone groups is 1. The Morgan fingerprint density at radius 3 is 2.49 bits per heavy atom. The number of ether oxygens (including phenoxy) is 1. The third-order valence-electron chi connectivity index (χ3n) is 8.87. The Kier molecular flexibility index (Phi) is 10.3. The molecule has 1 atom stereocenters. The molecule has 0 saturated carbocycles. The van der Waals surface area contributed by atoms with Crippen molar-refractivity contribution in [1.29, 1.82) is 0 Å². The zero-order chi connectivity index (χ0) is 33.9. The van der Waals surface area contributed by atoms with Crippen LogP contribution in [0, 0.1) is 6.92 Å². The summed E-state index contributed by atoms with van der Waals surface area (Å²) in [4.78, 5) is 26.3. The number of carbonyl (C=O) groups is 1. The molecule has 47 heavy (non-hydrogen) atoms. The summed E-state index contributed by atoms with van der Waals surface area (Å²) in [6, 6.07) is 12.2. The van der Waals surface area contributed by atoms with Crippen LogP contribution in [0.25, 0.3) is 5.65 Å². The number of aliphatic hydroxyl groups excluding tert-OH is 1. The molecular weight excluding hydrogens is 620 g/mol. The number of carbonyl (C=O) groups excluding carboxylic acids is 1. The molecule has 1 saturated heterocycles. The molecular formula is C33H44N8O5S. The zero-order valence-electron chi connectivity index (χ0n) is 27.8. The van der Waals surface area contributed by atoms with Crippen molar-refractivity contribution in [1.82, 2.24) is 29.4 Å². The quantitative estimate of drug-likeness (QED) is 0.200. The highest BCUT2D eigenvalue weighted by Crippen LogP contribution is 2.38. The van der Waals surface area contributed by atoms with Gasteiger partial charge in [0, 0.05) is 25.7 Å². The fraction of sp³-hybridized carbons (Fsp3) is 0.455. The van der Waals surface area contributed by atoms with Gasteiger partial charge in [-0.05, 0) is 88.9 Å². The molecule has 0 bridgehead atoms. The van der Waals surface area contributed by atoms with E-state index in [1.807, 2.05) is 35.9 Å². The first kappa shape index (κ1) is 34.1. The maximum Gasteiger partial charge on any atom is 0.239 e. The second-order valence-electron chi connectivity index (χ2n) is 12.2. The van der Waals surface area contributed by atoms with E-state index in [9.17, 15) is 18.3 Å². The van der Waals surface area contributed by atoms with Crippen molar-refractivity contribution < 1.29 is 23.1 Å². The first-order valence-corrected chi connectivity index (χ1v) is 17.4. The number of piperidine rings is 1. The third kappa shape index (κ3) is 7.19. The molecule has 14 heteroatoms. The van der Waals surface area contributed by atoms with E-state index in [2.05, 4.69) is 32.6 Å². The van der Waals surface area contributed by atoms with Crippen LogP contribution in [-0.4, -0.2) is 101 Å². The molecule has 1 aliphatic rings. The second-order valence-corrected chi connectivity index (χ2v) is 14.7. The number of nitrogens with zero attached hydrogens (tertiary/aromatic N) is 6. The van der Waals surface area contributed by atoms with Gasteiger partial charge in [0.15, 0.2) is 15.5 Å². The number of amides is 1. The summed E-state index contributed by atoms with van der Waals surface area (Å²) in [5.74, 6) is 1.55. The average molecular weight is 665 g/mol. The molecule has 13 nitrogen and oxygen atoms in total. The summed E-state index contributed by atoms with van der Waals surface area (Å²) in [5.41, 5.74) is 3.83. The van der Waals surface area contributed by atoms with Crippen LogP contribution in [0.3, 0.4) is 0 Å². The number of fused-ring (bicyclic) bond motifs is 1. The molecule has 1 fully saturated rings. The largest absolute Gasteiger partial charge is 0.495 e. The number of rotatable bonds is 12. The number of benzene rings is 2. The number of aromatic nitrogens is 4. The Morgan fingerprint density at radius 1 is 1.09 bits per heavy atom. The molecule has 5 rings (SSSR count). The molecule has 0 radical (unpaired) electrons. The van der Waals surface area contributed by atoms with Crippen LogP contribution >= 0.6 is 0 Å². The van der Waals surface area contributed by atoms with Crippen LogP contribution in [0.5, 0.6) is 5.75 Å². The van der Waals surface area contributed by atoms with Crippen LogP contribution in [0.15, 0.2) is 53.6 Å². The van der Waals surface area contributed by atoms with Crippen molar-refractivity contribution >= 4 is 44.7 Å². The lowest BCUT2D eigenvalue weighted by atomic mass is 9.86. The molecule has 4 aromatic rings. The molecule has 0 spiro atoms. The van der Waals surface area contributed by atoms with E-state index in [1.165, 1.54) is 10.1 Å². The van der Waals surface area contributed by atoms with Gasteiger partial charge in [0.05, 0.1) is 47.5 Å². The maximum absolute atomic E-state index is 13.1. The SMILES string of the molecule is COc1cc(C2CCN(C(=O)[C@@H](C)N(C)CCO)CC2)c(C)cc1Nc1nc(Nc2ccccc2S(=O)(=O)C(C)C)n2nccc2n1. The Hall–Kier alpha value is -4.27. The predicted molar refractivity (Wildman–Crippen MR) is 182 cm³/mol. The molecule has 2 aromatic heterocycles. The summed E-state index contributed by atoms with van der Waals surface area (Å²) >= 11 is 0. The summed E-state index contributed by atoms with van der Waals surface area (Å²) in [6.45, 7) is 9.05. The highest BCUT2D eigenvalue weighted by molar-refractivity contribution is 7.92. The number of hydrogen-bond acceptors (Lipinski definition) is 11. The average Bonchev–Trinajstić information content (AvgIpc) is 3.54. The smallest absolute Gasteiger partial charge is 0.239 e. The van der Waals surface area contributed by atoms with E-state index in [0.29, 0.717) is 48.4 Å². The van der Waals surface area contributed by atoms with Gasteiger partial charge < -0.3 is 25.4 Å². The Bertz CT molecular complexity index is 1840. The monoisotopic (exact) mass is 664 g/mol. The number of hydrogen-bond donors (Lipinski definition) is 3. The summed E-state index contributed by atoms with van der Waals surface area (Å²) in [6.07, 6.45) is 3.27. The van der Waals surface area contributed by atoms with Crippen LogP contribution in [0.1, 0.15) is 50.7 Å². The minimum absolute atomic E-state index is 0.0179. The molecule has 3 N–H and O–H groups in total. The lowest BCUT2D eigenvalue weighted by molar-refractivity contribution is -0.137. The maximum atomic E-state index is 13.1. The van der Waals surface area contributed by atoms with Gasteiger partial charge in [-0.1, -0.05) is 12.1 Å². The van der Waals surface area contributed by atoms with Crippen molar-refractivity contribution in [2.45, 2.75) is 62.6 Å². The topological polar surface area (TPSA) is 154 Å². The van der Waals surface area contributed by atoms with Crippen LogP contribution < -0.4 is 15.4 Å². The number of anilines is 4. The lowest BCUT2D eigenvalue weighted by Crippen LogP contribution is -2.48. The van der Waals surface area contributed by atoms with Crippen molar-refractivity contribution in [3.05, 3.63) is 59.8 Å². The van der Waals surface area contributed by atoms with E-state index < -0.39 is 15.1 Å². The molecule has 2 aromatic carbocycles. The van der Waals surface area contributed by atoms with Gasteiger partial charge >= 0.3 is 0 Å². The lowest BCUT2D eigenvalue weighted by Gasteiger charge is -2.36. The van der Waals surface area contributed by atoms with Gasteiger partial charge in [-0.2, -0.15) is 19.6 Å². The number of likely N-dealkylation sites (N-methyl/N-ethyl adjacent to an activating group) is 1. The fourth-order valence-corrected chi connectivity index (χ4v) is 7.10. The Balaban J connectivity index is 1.37. The van der Waals surface area contributed by atoms with E-state index in [1.54, 1.807) is 57.5 Å². The molecule has 252 valence electrons. The number of aliphatic hydroxyl groups is 1. The highest BCUT2D eigenvalue weighted by atomic mass is 32.2. The van der Waals surface area contributed by atoms with Crippen LogP contribution in [0.4, 0.5) is 23.3 Å². The first-order valence-electron chi connectivity index (χ1n) is 15.8. The fourth-order valence-electron chi connectivity index (χ4n) is 5.90. The van der Waals surface area contributed by atoms with Gasteiger partial charge in [0.1, 0.15) is 5.75 Å². The minimum atomic E-state index is -3.57. The van der Waals surface area contributed by atoms with E-state index in [4.69, 9.17) is 4.74 Å². The number of para-hydroxylation sites is 1. The highest BCUT2D eigenvalue weighted by Gasteiger charge is 2.30. The predicted octanol–water partition coefficient (Wildman–Crippen LogP) is 4.13. The molecule has 0 unspecified atom stereocenters. The van der Waals surface area contributed by atoms with E-state index in [0.717, 1.165) is 18.4 Å². The summed E-state index contributed by atoms with van der Waals surface area (Å²) in [5, 5.41) is 19.4. The Morgan fingerprint density at radius 2 is 1.81 bits per heavy atom. The summed E-state index contributed by atoms with van der Waals surface area (Å²) in [7, 11) is -0.0980. The van der Waals surface area contributed by atoms with Crippen LogP contribution in [-0.2, 0) is 14.6 Å². The van der Waals surface area contributed by atoms with Gasteiger partial charge in [-0.3, -0.25) is 9.69 Å². The number of methoxy groups -OCH3 is 1. The van der Waals surface area contributed by atoms with Crippen molar-refractivity contribution in [2.24, 2.45) is 0 Å².